The van der Waals surface area contributed by atoms with Crippen LogP contribution in [0.1, 0.15) is 32.6 Å². The van der Waals surface area contributed by atoms with Gasteiger partial charge in [0, 0.05) is 11.6 Å². The molecule has 0 aliphatic heterocycles. The first kappa shape index (κ1) is 23.4. The van der Waals surface area contributed by atoms with Gasteiger partial charge in [0.1, 0.15) is 0 Å². The molecule has 0 fully saturated rings. The van der Waals surface area contributed by atoms with Gasteiger partial charge in [-0.3, -0.25) is 25.2 Å². The number of aliphatic hydroxyl groups is 2. The summed E-state index contributed by atoms with van der Waals surface area (Å²) in [5.74, 6) is -3.51. The molecule has 0 radical (unpaired) electrons. The number of hydrazine groups is 1. The standard InChI is InChI=1S/C26H24N2O5/c1-17-8-6-12-20(14-17)26(33,21-13-7-9-18(2)15-21)25(32)28-27-24(31)23(30)16-22(29)19-10-4-3-5-11-19/h3-16,30,33H,1-2H3,(H,27,31)(H,28,32)/b23-16-. The number of benzene rings is 3. The minimum Gasteiger partial charge on any atom is -0.503 e. The van der Waals surface area contributed by atoms with Crippen LogP contribution in [0.15, 0.2) is 90.7 Å². The Labute approximate surface area is 191 Å². The molecule has 0 saturated heterocycles. The third kappa shape index (κ3) is 5.34. The van der Waals surface area contributed by atoms with E-state index in [1.807, 2.05) is 31.4 Å². The monoisotopic (exact) mass is 444 g/mol. The maximum absolute atomic E-state index is 13.1. The average Bonchev–Trinajstić information content (AvgIpc) is 2.82. The molecule has 0 bridgehead atoms. The van der Waals surface area contributed by atoms with E-state index in [0.29, 0.717) is 11.1 Å². The number of carbonyl (C=O) groups excluding carboxylic acids is 3. The number of hydrogen-bond acceptors (Lipinski definition) is 5. The van der Waals surface area contributed by atoms with Crippen molar-refractivity contribution in [3.05, 3.63) is 119 Å². The summed E-state index contributed by atoms with van der Waals surface area (Å²) in [6.07, 6.45) is 0.754. The van der Waals surface area contributed by atoms with Crippen LogP contribution in [0.2, 0.25) is 0 Å². The number of allylic oxidation sites excluding steroid dienone is 1. The lowest BCUT2D eigenvalue weighted by Crippen LogP contribution is -2.52. The van der Waals surface area contributed by atoms with E-state index in [4.69, 9.17) is 0 Å². The van der Waals surface area contributed by atoms with E-state index in [2.05, 4.69) is 5.43 Å². The molecule has 0 unspecified atom stereocenters. The Kier molecular flexibility index (Phi) is 7.05. The molecule has 0 aliphatic rings. The maximum Gasteiger partial charge on any atom is 0.304 e. The molecule has 2 amide bonds. The Morgan fingerprint density at radius 3 is 1.85 bits per heavy atom. The molecule has 7 heteroatoms. The molecule has 0 spiro atoms. The summed E-state index contributed by atoms with van der Waals surface area (Å²) >= 11 is 0. The summed E-state index contributed by atoms with van der Waals surface area (Å²) in [6, 6.07) is 21.7. The van der Waals surface area contributed by atoms with Gasteiger partial charge in [-0.05, 0) is 25.0 Å². The first-order valence-electron chi connectivity index (χ1n) is 10.2. The van der Waals surface area contributed by atoms with E-state index >= 15 is 0 Å². The summed E-state index contributed by atoms with van der Waals surface area (Å²) in [5.41, 5.74) is 4.63. The molecular formula is C26H24N2O5. The zero-order valence-corrected chi connectivity index (χ0v) is 18.2. The van der Waals surface area contributed by atoms with Crippen molar-refractivity contribution >= 4 is 17.6 Å². The SMILES string of the molecule is Cc1cccc(C(O)(C(=O)NNC(=O)/C(O)=C/C(=O)c2ccccc2)c2cccc(C)c2)c1. The predicted octanol–water partition coefficient (Wildman–Crippen LogP) is 3.01. The zero-order chi connectivity index (χ0) is 24.0. The lowest BCUT2D eigenvalue weighted by Gasteiger charge is -2.28. The highest BCUT2D eigenvalue weighted by atomic mass is 16.3. The van der Waals surface area contributed by atoms with Crippen LogP contribution >= 0.6 is 0 Å². The summed E-state index contributed by atoms with van der Waals surface area (Å²) in [7, 11) is 0. The van der Waals surface area contributed by atoms with Gasteiger partial charge in [0.2, 0.25) is 0 Å². The average molecular weight is 444 g/mol. The second kappa shape index (κ2) is 9.93. The Hall–Kier alpha value is -4.23. The Morgan fingerprint density at radius 2 is 1.33 bits per heavy atom. The van der Waals surface area contributed by atoms with Gasteiger partial charge < -0.3 is 10.2 Å². The molecule has 0 aromatic heterocycles. The van der Waals surface area contributed by atoms with Crippen molar-refractivity contribution in [2.75, 3.05) is 0 Å². The van der Waals surface area contributed by atoms with Crippen LogP contribution < -0.4 is 10.9 Å². The van der Waals surface area contributed by atoms with E-state index in [1.165, 1.54) is 12.1 Å². The molecular weight excluding hydrogens is 420 g/mol. The van der Waals surface area contributed by atoms with E-state index in [9.17, 15) is 24.6 Å². The van der Waals surface area contributed by atoms with Crippen LogP contribution in [0, 0.1) is 13.8 Å². The van der Waals surface area contributed by atoms with Crippen LogP contribution in [-0.4, -0.2) is 27.8 Å². The highest BCUT2D eigenvalue weighted by Gasteiger charge is 2.40. The smallest absolute Gasteiger partial charge is 0.304 e. The number of carbonyl (C=O) groups is 3. The van der Waals surface area contributed by atoms with Gasteiger partial charge in [0.25, 0.3) is 5.91 Å². The van der Waals surface area contributed by atoms with Gasteiger partial charge in [-0.25, -0.2) is 0 Å². The number of aliphatic hydroxyl groups excluding tert-OH is 1. The Bertz CT molecular complexity index is 1170. The van der Waals surface area contributed by atoms with Crippen molar-refractivity contribution in [3.8, 4) is 0 Å². The van der Waals surface area contributed by atoms with Crippen molar-refractivity contribution in [2.45, 2.75) is 19.4 Å². The second-order valence-electron chi connectivity index (χ2n) is 7.62. The number of rotatable bonds is 6. The topological polar surface area (TPSA) is 116 Å². The van der Waals surface area contributed by atoms with Gasteiger partial charge in [-0.2, -0.15) is 0 Å². The van der Waals surface area contributed by atoms with Crippen molar-refractivity contribution in [1.29, 1.82) is 0 Å². The quantitative estimate of drug-likeness (QED) is 0.202. The van der Waals surface area contributed by atoms with Crippen LogP contribution in [0.4, 0.5) is 0 Å². The summed E-state index contributed by atoms with van der Waals surface area (Å²) in [5, 5.41) is 21.5. The van der Waals surface area contributed by atoms with Crippen LogP contribution in [0.3, 0.4) is 0 Å². The first-order chi connectivity index (χ1) is 15.7. The maximum atomic E-state index is 13.1. The zero-order valence-electron chi connectivity index (χ0n) is 18.2. The van der Waals surface area contributed by atoms with Crippen molar-refractivity contribution in [2.24, 2.45) is 0 Å². The fourth-order valence-corrected chi connectivity index (χ4v) is 3.31. The lowest BCUT2D eigenvalue weighted by atomic mass is 9.84. The van der Waals surface area contributed by atoms with E-state index in [-0.39, 0.29) is 5.56 Å². The minimum atomic E-state index is -2.12. The third-order valence-corrected chi connectivity index (χ3v) is 5.05. The van der Waals surface area contributed by atoms with Gasteiger partial charge >= 0.3 is 5.91 Å². The first-order valence-corrected chi connectivity index (χ1v) is 10.2. The van der Waals surface area contributed by atoms with Crippen LogP contribution in [-0.2, 0) is 15.2 Å². The van der Waals surface area contributed by atoms with Crippen molar-refractivity contribution in [3.63, 3.8) is 0 Å². The highest BCUT2D eigenvalue weighted by Crippen LogP contribution is 2.31. The third-order valence-electron chi connectivity index (χ3n) is 5.05. The Morgan fingerprint density at radius 1 is 0.788 bits per heavy atom. The van der Waals surface area contributed by atoms with Gasteiger partial charge in [0.15, 0.2) is 17.1 Å². The Balaban J connectivity index is 1.82. The van der Waals surface area contributed by atoms with E-state index < -0.39 is 29.0 Å². The molecule has 0 aliphatic carbocycles. The summed E-state index contributed by atoms with van der Waals surface area (Å²) in [4.78, 5) is 37.5. The minimum absolute atomic E-state index is 0.286. The molecule has 3 aromatic rings. The van der Waals surface area contributed by atoms with Gasteiger partial charge in [-0.1, -0.05) is 90.0 Å². The molecule has 168 valence electrons. The summed E-state index contributed by atoms with van der Waals surface area (Å²) in [6.45, 7) is 3.65. The van der Waals surface area contributed by atoms with Crippen molar-refractivity contribution in [1.82, 2.24) is 10.9 Å². The molecule has 3 rings (SSSR count). The predicted molar refractivity (Wildman–Crippen MR) is 123 cm³/mol. The normalized spacial score (nSPS) is 11.5. The fraction of sp³-hybridized carbons (Fsp3) is 0.115. The van der Waals surface area contributed by atoms with E-state index in [1.54, 1.807) is 54.6 Å². The number of aryl methyl sites for hydroxylation is 2. The molecule has 0 saturated carbocycles. The van der Waals surface area contributed by atoms with Crippen LogP contribution in [0.25, 0.3) is 0 Å². The lowest BCUT2D eigenvalue weighted by molar-refractivity contribution is -0.140. The van der Waals surface area contributed by atoms with E-state index in [0.717, 1.165) is 17.2 Å². The molecule has 4 N–H and O–H groups in total. The number of hydrogen-bond donors (Lipinski definition) is 4. The second-order valence-corrected chi connectivity index (χ2v) is 7.62. The molecule has 7 nitrogen and oxygen atoms in total. The van der Waals surface area contributed by atoms with Crippen LogP contribution in [0.5, 0.6) is 0 Å². The molecule has 0 atom stereocenters. The largest absolute Gasteiger partial charge is 0.503 e. The number of amides is 2. The number of nitrogens with one attached hydrogen (secondary N) is 2. The molecule has 3 aromatic carbocycles. The number of ketones is 1. The van der Waals surface area contributed by atoms with Crippen molar-refractivity contribution < 1.29 is 24.6 Å². The molecule has 0 heterocycles. The fourth-order valence-electron chi connectivity index (χ4n) is 3.31. The highest BCUT2D eigenvalue weighted by molar-refractivity contribution is 6.08. The molecule has 33 heavy (non-hydrogen) atoms. The van der Waals surface area contributed by atoms with Gasteiger partial charge in [-0.15, -0.1) is 0 Å². The summed E-state index contributed by atoms with van der Waals surface area (Å²) < 4.78 is 0. The van der Waals surface area contributed by atoms with Gasteiger partial charge in [0.05, 0.1) is 0 Å².